The molecular weight excluding hydrogens is 312 g/mol. The minimum atomic E-state index is -0.323. The topological polar surface area (TPSA) is 55.6 Å². The van der Waals surface area contributed by atoms with Gasteiger partial charge in [0.15, 0.2) is 0 Å². The molecule has 1 aromatic carbocycles. The molecule has 130 valence electrons. The van der Waals surface area contributed by atoms with Crippen molar-refractivity contribution in [2.45, 2.75) is 57.8 Å². The van der Waals surface area contributed by atoms with Crippen molar-refractivity contribution >= 4 is 18.3 Å². The van der Waals surface area contributed by atoms with Crippen LogP contribution in [-0.4, -0.2) is 36.1 Å². The highest BCUT2D eigenvalue weighted by molar-refractivity contribution is 5.85. The summed E-state index contributed by atoms with van der Waals surface area (Å²) in [4.78, 5) is 14.9. The highest BCUT2D eigenvalue weighted by Crippen LogP contribution is 2.26. The molecule has 4 nitrogen and oxygen atoms in total. The third-order valence-corrected chi connectivity index (χ3v) is 4.43. The van der Waals surface area contributed by atoms with Crippen LogP contribution in [-0.2, 0) is 9.53 Å². The molecule has 2 rings (SSSR count). The fraction of sp³-hybridized carbons (Fsp3) is 0.611. The highest BCUT2D eigenvalue weighted by atomic mass is 35.5. The first-order chi connectivity index (χ1) is 10.7. The van der Waals surface area contributed by atoms with Crippen LogP contribution >= 0.6 is 12.4 Å². The van der Waals surface area contributed by atoms with Gasteiger partial charge in [0, 0.05) is 13.1 Å². The molecular formula is C18H29ClN2O2. The zero-order valence-electron chi connectivity index (χ0n) is 14.1. The molecule has 1 fully saturated rings. The van der Waals surface area contributed by atoms with E-state index in [4.69, 9.17) is 10.5 Å². The Kier molecular flexibility index (Phi) is 8.59. The van der Waals surface area contributed by atoms with Gasteiger partial charge in [0.2, 0.25) is 0 Å². The Morgan fingerprint density at radius 3 is 2.61 bits per heavy atom. The summed E-state index contributed by atoms with van der Waals surface area (Å²) < 4.78 is 5.80. The molecule has 0 aliphatic carbocycles. The van der Waals surface area contributed by atoms with Crippen LogP contribution in [0.15, 0.2) is 30.3 Å². The Balaban J connectivity index is 0.00000264. The van der Waals surface area contributed by atoms with Crippen LogP contribution in [0.2, 0.25) is 0 Å². The molecule has 5 heteroatoms. The molecule has 1 saturated heterocycles. The summed E-state index contributed by atoms with van der Waals surface area (Å²) in [6.07, 6.45) is 3.46. The number of nitrogens with zero attached hydrogens (tertiary/aromatic N) is 1. The molecule has 0 radical (unpaired) electrons. The van der Waals surface area contributed by atoms with Gasteiger partial charge in [-0.3, -0.25) is 4.79 Å². The van der Waals surface area contributed by atoms with Gasteiger partial charge in [-0.2, -0.15) is 0 Å². The summed E-state index contributed by atoms with van der Waals surface area (Å²) in [5.74, 6) is 0.112. The van der Waals surface area contributed by atoms with Crippen LogP contribution in [0, 0.1) is 0 Å². The van der Waals surface area contributed by atoms with E-state index in [-0.39, 0.29) is 36.6 Å². The number of hydrogen-bond acceptors (Lipinski definition) is 3. The van der Waals surface area contributed by atoms with Crippen molar-refractivity contribution in [1.82, 2.24) is 4.90 Å². The smallest absolute Gasteiger partial charge is 0.252 e. The molecule has 1 aliphatic rings. The van der Waals surface area contributed by atoms with Crippen molar-refractivity contribution in [2.75, 3.05) is 13.1 Å². The van der Waals surface area contributed by atoms with E-state index >= 15 is 0 Å². The zero-order chi connectivity index (χ0) is 15.9. The number of hydrogen-bond donors (Lipinski definition) is 1. The first-order valence-electron chi connectivity index (χ1n) is 8.38. The first kappa shape index (κ1) is 19.9. The van der Waals surface area contributed by atoms with E-state index in [1.54, 1.807) is 0 Å². The lowest BCUT2D eigenvalue weighted by Gasteiger charge is -2.31. The predicted octanol–water partition coefficient (Wildman–Crippen LogP) is 3.30. The summed E-state index contributed by atoms with van der Waals surface area (Å²) in [7, 11) is 0. The van der Waals surface area contributed by atoms with Crippen LogP contribution in [0.1, 0.15) is 51.1 Å². The summed E-state index contributed by atoms with van der Waals surface area (Å²) in [5.41, 5.74) is 6.82. The minimum absolute atomic E-state index is 0. The maximum atomic E-state index is 12.9. The van der Waals surface area contributed by atoms with Gasteiger partial charge in [0.25, 0.3) is 5.91 Å². The van der Waals surface area contributed by atoms with E-state index in [2.05, 4.69) is 26.0 Å². The molecule has 1 aliphatic heterocycles. The third-order valence-electron chi connectivity index (χ3n) is 4.43. The average Bonchev–Trinajstić information content (AvgIpc) is 3.04. The number of benzene rings is 1. The van der Waals surface area contributed by atoms with Crippen molar-refractivity contribution in [3.63, 3.8) is 0 Å². The number of rotatable bonds is 7. The molecule has 0 saturated carbocycles. The van der Waals surface area contributed by atoms with Gasteiger partial charge in [-0.15, -0.1) is 12.4 Å². The number of nitrogens with two attached hydrogens (primary N) is 1. The van der Waals surface area contributed by atoms with Gasteiger partial charge in [0.1, 0.15) is 6.10 Å². The Morgan fingerprint density at radius 2 is 2.04 bits per heavy atom. The minimum Gasteiger partial charge on any atom is -0.364 e. The molecule has 0 bridgehead atoms. The second-order valence-electron chi connectivity index (χ2n) is 6.03. The Morgan fingerprint density at radius 1 is 1.35 bits per heavy atom. The van der Waals surface area contributed by atoms with Crippen molar-refractivity contribution in [3.05, 3.63) is 35.9 Å². The summed E-state index contributed by atoms with van der Waals surface area (Å²) in [5, 5.41) is 0. The van der Waals surface area contributed by atoms with Gasteiger partial charge in [-0.1, -0.05) is 43.7 Å². The van der Waals surface area contributed by atoms with Gasteiger partial charge in [-0.05, 0) is 31.7 Å². The number of halogens is 1. The standard InChI is InChI=1S/C18H28N2O2.ClH/c1-3-4-12-20(14(2)15-8-6-5-7-9-15)18(21)17-11-10-16(13-19)22-17;/h5-9,14,16-17H,3-4,10-13,19H2,1-2H3;1H/t14?,16-,17+;/m1./s1. The van der Waals surface area contributed by atoms with Gasteiger partial charge >= 0.3 is 0 Å². The molecule has 1 aromatic rings. The first-order valence-corrected chi connectivity index (χ1v) is 8.38. The summed E-state index contributed by atoms with van der Waals surface area (Å²) in [6.45, 7) is 5.51. The SMILES string of the molecule is CCCCN(C(=O)[C@@H]1CC[C@H](CN)O1)C(C)c1ccccc1.Cl. The third kappa shape index (κ3) is 5.20. The van der Waals surface area contributed by atoms with Crippen LogP contribution in [0.25, 0.3) is 0 Å². The van der Waals surface area contributed by atoms with E-state index in [1.165, 1.54) is 5.56 Å². The number of amides is 1. The van der Waals surface area contributed by atoms with E-state index in [0.717, 1.165) is 32.2 Å². The van der Waals surface area contributed by atoms with Gasteiger partial charge in [-0.25, -0.2) is 0 Å². The largest absolute Gasteiger partial charge is 0.364 e. The molecule has 0 spiro atoms. The van der Waals surface area contributed by atoms with E-state index < -0.39 is 0 Å². The lowest BCUT2D eigenvalue weighted by molar-refractivity contribution is -0.145. The molecule has 2 N–H and O–H groups in total. The number of carbonyl (C=O) groups is 1. The zero-order valence-corrected chi connectivity index (χ0v) is 14.9. The van der Waals surface area contributed by atoms with Gasteiger partial charge < -0.3 is 15.4 Å². The molecule has 0 aromatic heterocycles. The van der Waals surface area contributed by atoms with Crippen LogP contribution < -0.4 is 5.73 Å². The average molecular weight is 341 g/mol. The van der Waals surface area contributed by atoms with Crippen LogP contribution in [0.5, 0.6) is 0 Å². The van der Waals surface area contributed by atoms with E-state index in [0.29, 0.717) is 6.54 Å². The highest BCUT2D eigenvalue weighted by Gasteiger charge is 2.34. The molecule has 23 heavy (non-hydrogen) atoms. The van der Waals surface area contributed by atoms with E-state index in [1.807, 2.05) is 23.1 Å². The Bertz CT molecular complexity index is 469. The monoisotopic (exact) mass is 340 g/mol. The lowest BCUT2D eigenvalue weighted by Crippen LogP contribution is -2.41. The Hall–Kier alpha value is -1.10. The number of ether oxygens (including phenoxy) is 1. The maximum absolute atomic E-state index is 12.9. The number of carbonyl (C=O) groups excluding carboxylic acids is 1. The second-order valence-corrected chi connectivity index (χ2v) is 6.03. The van der Waals surface area contributed by atoms with Crippen LogP contribution in [0.3, 0.4) is 0 Å². The van der Waals surface area contributed by atoms with Crippen molar-refractivity contribution in [2.24, 2.45) is 5.73 Å². The number of unbranched alkanes of at least 4 members (excludes halogenated alkanes) is 1. The van der Waals surface area contributed by atoms with Gasteiger partial charge in [0.05, 0.1) is 12.1 Å². The van der Waals surface area contributed by atoms with Crippen molar-refractivity contribution in [1.29, 1.82) is 0 Å². The molecule has 1 amide bonds. The van der Waals surface area contributed by atoms with Crippen molar-refractivity contribution < 1.29 is 9.53 Å². The maximum Gasteiger partial charge on any atom is 0.252 e. The van der Waals surface area contributed by atoms with Crippen LogP contribution in [0.4, 0.5) is 0 Å². The molecule has 1 heterocycles. The molecule has 3 atom stereocenters. The fourth-order valence-corrected chi connectivity index (χ4v) is 2.98. The van der Waals surface area contributed by atoms with Crippen molar-refractivity contribution in [3.8, 4) is 0 Å². The summed E-state index contributed by atoms with van der Waals surface area (Å²) in [6, 6.07) is 10.3. The van der Waals surface area contributed by atoms with E-state index in [9.17, 15) is 4.79 Å². The summed E-state index contributed by atoms with van der Waals surface area (Å²) >= 11 is 0. The quantitative estimate of drug-likeness (QED) is 0.828. The lowest BCUT2D eigenvalue weighted by atomic mass is 10.0. The fourth-order valence-electron chi connectivity index (χ4n) is 2.98. The normalized spacial score (nSPS) is 21.5. The molecule has 1 unspecified atom stereocenters. The Labute approximate surface area is 145 Å². The second kappa shape index (κ2) is 9.91. The predicted molar refractivity (Wildman–Crippen MR) is 95.7 cm³/mol.